The van der Waals surface area contributed by atoms with Gasteiger partial charge in [-0.2, -0.15) is 0 Å². The van der Waals surface area contributed by atoms with Gasteiger partial charge in [0, 0.05) is 30.1 Å². The van der Waals surface area contributed by atoms with Gasteiger partial charge in [0.25, 0.3) is 11.6 Å². The number of methoxy groups -OCH3 is 1. The standard InChI is InChI=1S/C22H20N4O6/c1-31-18-8-9-19(20(11-18)26(29)30)25-21(27)17-6-4-15(5-7-17)13-24-22(28)32-14-16-3-2-10-23-12-16/h2-12H,13-14H2,1H3,(H,24,28)(H,25,27). The molecule has 32 heavy (non-hydrogen) atoms. The quantitative estimate of drug-likeness (QED) is 0.406. The molecule has 2 N–H and O–H groups in total. The molecule has 0 aliphatic carbocycles. The van der Waals surface area contributed by atoms with Gasteiger partial charge < -0.3 is 20.1 Å². The Morgan fingerprint density at radius 1 is 1.09 bits per heavy atom. The van der Waals surface area contributed by atoms with Gasteiger partial charge in [0.1, 0.15) is 18.0 Å². The maximum atomic E-state index is 12.5. The summed E-state index contributed by atoms with van der Waals surface area (Å²) in [5, 5.41) is 16.4. The van der Waals surface area contributed by atoms with Crippen LogP contribution in [-0.4, -0.2) is 29.0 Å². The van der Waals surface area contributed by atoms with Crippen molar-refractivity contribution in [3.05, 3.63) is 93.8 Å². The van der Waals surface area contributed by atoms with Gasteiger partial charge in [-0.25, -0.2) is 4.79 Å². The van der Waals surface area contributed by atoms with Crippen LogP contribution >= 0.6 is 0 Å². The number of nitrogens with zero attached hydrogens (tertiary/aromatic N) is 2. The molecule has 3 rings (SSSR count). The molecule has 0 saturated heterocycles. The van der Waals surface area contributed by atoms with Crippen molar-refractivity contribution in [2.24, 2.45) is 0 Å². The van der Waals surface area contributed by atoms with Crippen molar-refractivity contribution in [2.75, 3.05) is 12.4 Å². The van der Waals surface area contributed by atoms with Gasteiger partial charge in [-0.1, -0.05) is 18.2 Å². The van der Waals surface area contributed by atoms with Crippen LogP contribution < -0.4 is 15.4 Å². The number of rotatable bonds is 8. The minimum Gasteiger partial charge on any atom is -0.496 e. The van der Waals surface area contributed by atoms with Crippen LogP contribution in [0.15, 0.2) is 67.0 Å². The zero-order chi connectivity index (χ0) is 22.9. The fourth-order valence-electron chi connectivity index (χ4n) is 2.72. The number of nitro benzene ring substituents is 1. The second-order valence-electron chi connectivity index (χ2n) is 6.58. The molecule has 0 radical (unpaired) electrons. The van der Waals surface area contributed by atoms with E-state index in [9.17, 15) is 19.7 Å². The molecule has 0 fully saturated rings. The highest BCUT2D eigenvalue weighted by Crippen LogP contribution is 2.29. The van der Waals surface area contributed by atoms with Crippen LogP contribution in [0.5, 0.6) is 5.75 Å². The first kappa shape index (κ1) is 22.2. The first-order valence-corrected chi connectivity index (χ1v) is 9.48. The summed E-state index contributed by atoms with van der Waals surface area (Å²) in [6, 6.07) is 14.2. The minimum atomic E-state index is -0.597. The number of nitrogens with one attached hydrogen (secondary N) is 2. The lowest BCUT2D eigenvalue weighted by molar-refractivity contribution is -0.384. The average molecular weight is 436 g/mol. The molecule has 0 aliphatic heterocycles. The number of pyridine rings is 1. The molecule has 0 aliphatic rings. The highest BCUT2D eigenvalue weighted by atomic mass is 16.6. The van der Waals surface area contributed by atoms with E-state index in [1.165, 1.54) is 25.3 Å². The van der Waals surface area contributed by atoms with E-state index in [1.54, 1.807) is 48.8 Å². The van der Waals surface area contributed by atoms with Gasteiger partial charge in [0.05, 0.1) is 18.1 Å². The summed E-state index contributed by atoms with van der Waals surface area (Å²) in [6.07, 6.45) is 2.66. The number of carbonyl (C=O) groups is 2. The molecule has 10 nitrogen and oxygen atoms in total. The van der Waals surface area contributed by atoms with Gasteiger partial charge in [0.15, 0.2) is 0 Å². The van der Waals surface area contributed by atoms with E-state index in [4.69, 9.17) is 9.47 Å². The van der Waals surface area contributed by atoms with Gasteiger partial charge in [-0.05, 0) is 35.9 Å². The molecule has 2 amide bonds. The summed E-state index contributed by atoms with van der Waals surface area (Å²) in [6.45, 7) is 0.313. The number of amides is 2. The molecule has 164 valence electrons. The maximum absolute atomic E-state index is 12.5. The molecular formula is C22H20N4O6. The number of alkyl carbamates (subject to hydrolysis) is 1. The Labute approximate surface area is 183 Å². The molecule has 1 aromatic heterocycles. The van der Waals surface area contributed by atoms with Crippen LogP contribution in [0.3, 0.4) is 0 Å². The number of hydrogen-bond acceptors (Lipinski definition) is 7. The molecule has 10 heteroatoms. The molecule has 0 atom stereocenters. The smallest absolute Gasteiger partial charge is 0.407 e. The second-order valence-corrected chi connectivity index (χ2v) is 6.58. The number of nitro groups is 1. The lowest BCUT2D eigenvalue weighted by atomic mass is 10.1. The largest absolute Gasteiger partial charge is 0.496 e. The van der Waals surface area contributed by atoms with Crippen molar-refractivity contribution in [2.45, 2.75) is 13.2 Å². The molecular weight excluding hydrogens is 416 g/mol. The maximum Gasteiger partial charge on any atom is 0.407 e. The number of aromatic nitrogens is 1. The normalized spacial score (nSPS) is 10.2. The van der Waals surface area contributed by atoms with Crippen LogP contribution in [0.4, 0.5) is 16.2 Å². The Morgan fingerprint density at radius 3 is 2.53 bits per heavy atom. The van der Waals surface area contributed by atoms with E-state index in [0.717, 1.165) is 11.1 Å². The Morgan fingerprint density at radius 2 is 1.88 bits per heavy atom. The van der Waals surface area contributed by atoms with Crippen molar-refractivity contribution >= 4 is 23.4 Å². The van der Waals surface area contributed by atoms with E-state index >= 15 is 0 Å². The lowest BCUT2D eigenvalue weighted by Gasteiger charge is -2.09. The first-order valence-electron chi connectivity index (χ1n) is 9.48. The Hall–Kier alpha value is -4.47. The fourth-order valence-corrected chi connectivity index (χ4v) is 2.72. The Balaban J connectivity index is 1.54. The fraction of sp³-hybridized carbons (Fsp3) is 0.136. The van der Waals surface area contributed by atoms with E-state index in [0.29, 0.717) is 11.3 Å². The molecule has 0 saturated carbocycles. The summed E-state index contributed by atoms with van der Waals surface area (Å²) >= 11 is 0. The predicted molar refractivity (Wildman–Crippen MR) is 115 cm³/mol. The van der Waals surface area contributed by atoms with Crippen LogP contribution in [0.2, 0.25) is 0 Å². The zero-order valence-electron chi connectivity index (χ0n) is 17.1. The molecule has 0 bridgehead atoms. The molecule has 1 heterocycles. The Kier molecular flexibility index (Phi) is 7.31. The number of hydrogen-bond donors (Lipinski definition) is 2. The SMILES string of the molecule is COc1ccc(NC(=O)c2ccc(CNC(=O)OCc3cccnc3)cc2)c([N+](=O)[O-])c1. The van der Waals surface area contributed by atoms with Crippen molar-refractivity contribution in [3.63, 3.8) is 0 Å². The van der Waals surface area contributed by atoms with Crippen molar-refractivity contribution < 1.29 is 24.0 Å². The number of carbonyl (C=O) groups excluding carboxylic acids is 2. The highest BCUT2D eigenvalue weighted by molar-refractivity contribution is 6.05. The lowest BCUT2D eigenvalue weighted by Crippen LogP contribution is -2.23. The van der Waals surface area contributed by atoms with Crippen LogP contribution in [0, 0.1) is 10.1 Å². The van der Waals surface area contributed by atoms with E-state index in [2.05, 4.69) is 15.6 Å². The minimum absolute atomic E-state index is 0.0582. The molecule has 0 unspecified atom stereocenters. The number of ether oxygens (including phenoxy) is 2. The van der Waals surface area contributed by atoms with Crippen LogP contribution in [-0.2, 0) is 17.9 Å². The second kappa shape index (κ2) is 10.5. The Bertz CT molecular complexity index is 1100. The number of anilines is 1. The summed E-state index contributed by atoms with van der Waals surface area (Å²) < 4.78 is 10.1. The van der Waals surface area contributed by atoms with Crippen LogP contribution in [0.1, 0.15) is 21.5 Å². The van der Waals surface area contributed by atoms with Gasteiger partial charge in [-0.15, -0.1) is 0 Å². The van der Waals surface area contributed by atoms with E-state index < -0.39 is 16.9 Å². The van der Waals surface area contributed by atoms with Gasteiger partial charge in [-0.3, -0.25) is 19.9 Å². The zero-order valence-corrected chi connectivity index (χ0v) is 17.1. The van der Waals surface area contributed by atoms with E-state index in [1.807, 2.05) is 0 Å². The summed E-state index contributed by atoms with van der Waals surface area (Å²) in [4.78, 5) is 38.9. The van der Waals surface area contributed by atoms with Crippen molar-refractivity contribution in [1.82, 2.24) is 10.3 Å². The summed E-state index contributed by atoms with van der Waals surface area (Å²) in [5.74, 6) is -0.195. The van der Waals surface area contributed by atoms with Gasteiger partial charge >= 0.3 is 6.09 Å². The topological polar surface area (TPSA) is 133 Å². The van der Waals surface area contributed by atoms with Gasteiger partial charge in [0.2, 0.25) is 0 Å². The highest BCUT2D eigenvalue weighted by Gasteiger charge is 2.18. The summed E-state index contributed by atoms with van der Waals surface area (Å²) in [5.41, 5.74) is 1.61. The third-order valence-corrected chi connectivity index (χ3v) is 4.40. The van der Waals surface area contributed by atoms with E-state index in [-0.39, 0.29) is 24.5 Å². The number of benzene rings is 2. The first-order chi connectivity index (χ1) is 15.5. The molecule has 2 aromatic carbocycles. The van der Waals surface area contributed by atoms with Crippen LogP contribution in [0.25, 0.3) is 0 Å². The third kappa shape index (κ3) is 6.02. The third-order valence-electron chi connectivity index (χ3n) is 4.40. The average Bonchev–Trinajstić information content (AvgIpc) is 2.82. The predicted octanol–water partition coefficient (Wildman–Crippen LogP) is 3.68. The van der Waals surface area contributed by atoms with Crippen molar-refractivity contribution in [1.29, 1.82) is 0 Å². The van der Waals surface area contributed by atoms with Crippen molar-refractivity contribution in [3.8, 4) is 5.75 Å². The molecule has 0 spiro atoms. The molecule has 3 aromatic rings. The summed E-state index contributed by atoms with van der Waals surface area (Å²) in [7, 11) is 1.40. The monoisotopic (exact) mass is 436 g/mol.